The molecule has 2 aromatic carbocycles. The lowest BCUT2D eigenvalue weighted by atomic mass is 10.1. The lowest BCUT2D eigenvalue weighted by Gasteiger charge is -2.08. The molecule has 0 aliphatic rings. The van der Waals surface area contributed by atoms with Crippen molar-refractivity contribution in [3.8, 4) is 5.75 Å². The number of hydrogen-bond acceptors (Lipinski definition) is 3. The van der Waals surface area contributed by atoms with E-state index < -0.39 is 0 Å². The first kappa shape index (κ1) is 15.4. The van der Waals surface area contributed by atoms with E-state index in [1.807, 2.05) is 24.3 Å². The van der Waals surface area contributed by atoms with Crippen molar-refractivity contribution in [1.29, 1.82) is 0 Å². The highest BCUT2D eigenvalue weighted by Gasteiger charge is 2.13. The fraction of sp³-hybridized carbons (Fsp3) is 0.133. The lowest BCUT2D eigenvalue weighted by molar-refractivity contribution is 0.101. The van der Waals surface area contributed by atoms with E-state index in [0.29, 0.717) is 22.1 Å². The number of Topliss-reactive ketones (excluding diaryl/α,β-unsaturated/α-hetero) is 1. The number of methoxy groups -OCH3 is 1. The molecule has 0 unspecified atom stereocenters. The maximum atomic E-state index is 12.2. The van der Waals surface area contributed by atoms with Crippen LogP contribution >= 0.6 is 39.3 Å². The number of carbonyl (C=O) groups excluding carboxylic acids is 1. The smallest absolute Gasteiger partial charge is 0.176 e. The van der Waals surface area contributed by atoms with Gasteiger partial charge in [-0.15, -0.1) is 11.8 Å². The maximum absolute atomic E-state index is 12.2. The third-order valence-corrected chi connectivity index (χ3v) is 4.42. The van der Waals surface area contributed by atoms with Crippen molar-refractivity contribution in [3.63, 3.8) is 0 Å². The number of benzene rings is 2. The zero-order valence-electron chi connectivity index (χ0n) is 10.7. The maximum Gasteiger partial charge on any atom is 0.176 e. The molecule has 2 nitrogen and oxygen atoms in total. The van der Waals surface area contributed by atoms with Crippen LogP contribution in [0.2, 0.25) is 5.02 Å². The van der Waals surface area contributed by atoms with Gasteiger partial charge in [0.25, 0.3) is 0 Å². The van der Waals surface area contributed by atoms with E-state index in [-0.39, 0.29) is 5.78 Å². The van der Waals surface area contributed by atoms with Crippen molar-refractivity contribution in [2.24, 2.45) is 0 Å². The first-order chi connectivity index (χ1) is 9.60. The van der Waals surface area contributed by atoms with Gasteiger partial charge in [0.05, 0.1) is 18.4 Å². The Bertz CT molecular complexity index is 614. The quantitative estimate of drug-likeness (QED) is 0.541. The molecule has 0 spiro atoms. The summed E-state index contributed by atoms with van der Waals surface area (Å²) in [7, 11) is 1.54. The Kier molecular flexibility index (Phi) is 5.52. The zero-order valence-corrected chi connectivity index (χ0v) is 13.9. The molecule has 0 saturated heterocycles. The van der Waals surface area contributed by atoms with Gasteiger partial charge in [0.2, 0.25) is 0 Å². The van der Waals surface area contributed by atoms with E-state index in [1.54, 1.807) is 25.3 Å². The molecular formula is C15H12BrClO2S. The average Bonchev–Trinajstić information content (AvgIpc) is 2.46. The van der Waals surface area contributed by atoms with Crippen LogP contribution < -0.4 is 4.74 Å². The second kappa shape index (κ2) is 7.16. The van der Waals surface area contributed by atoms with Gasteiger partial charge in [-0.05, 0) is 42.5 Å². The normalized spacial score (nSPS) is 10.3. The molecule has 0 aliphatic heterocycles. The highest BCUT2D eigenvalue weighted by molar-refractivity contribution is 9.10. The summed E-state index contributed by atoms with van der Waals surface area (Å²) in [5, 5.41) is 0.530. The van der Waals surface area contributed by atoms with Crippen LogP contribution in [0.5, 0.6) is 5.75 Å². The molecule has 0 radical (unpaired) electrons. The minimum absolute atomic E-state index is 0.00253. The van der Waals surface area contributed by atoms with Crippen molar-refractivity contribution in [2.75, 3.05) is 12.9 Å². The summed E-state index contributed by atoms with van der Waals surface area (Å²) in [5.41, 5.74) is 0.518. The zero-order chi connectivity index (χ0) is 14.5. The van der Waals surface area contributed by atoms with Crippen molar-refractivity contribution < 1.29 is 9.53 Å². The minimum Gasteiger partial charge on any atom is -0.496 e. The summed E-state index contributed by atoms with van der Waals surface area (Å²) in [4.78, 5) is 13.3. The van der Waals surface area contributed by atoms with Gasteiger partial charge in [-0.3, -0.25) is 4.79 Å². The standard InChI is InChI=1S/C15H12BrClO2S/c1-19-15-7-4-11(17)8-13(15)14(18)9-20-12-5-2-10(16)3-6-12/h2-8H,9H2,1H3. The summed E-state index contributed by atoms with van der Waals surface area (Å²) < 4.78 is 6.21. The first-order valence-corrected chi connectivity index (χ1v) is 8.01. The van der Waals surface area contributed by atoms with Crippen LogP contribution in [0.1, 0.15) is 10.4 Å². The molecular weight excluding hydrogens is 360 g/mol. The minimum atomic E-state index is -0.00253. The highest BCUT2D eigenvalue weighted by atomic mass is 79.9. The van der Waals surface area contributed by atoms with E-state index in [0.717, 1.165) is 9.37 Å². The molecule has 0 aliphatic carbocycles. The largest absolute Gasteiger partial charge is 0.496 e. The molecule has 2 aromatic rings. The van der Waals surface area contributed by atoms with E-state index in [1.165, 1.54) is 11.8 Å². The molecule has 0 atom stereocenters. The van der Waals surface area contributed by atoms with Crippen LogP contribution in [-0.4, -0.2) is 18.6 Å². The Morgan fingerprint density at radius 2 is 1.95 bits per heavy atom. The van der Waals surface area contributed by atoms with E-state index >= 15 is 0 Å². The van der Waals surface area contributed by atoms with Gasteiger partial charge in [0.15, 0.2) is 5.78 Å². The van der Waals surface area contributed by atoms with Gasteiger partial charge >= 0.3 is 0 Å². The number of rotatable bonds is 5. The second-order valence-electron chi connectivity index (χ2n) is 4.01. The molecule has 0 N–H and O–H groups in total. The van der Waals surface area contributed by atoms with E-state index in [2.05, 4.69) is 15.9 Å². The highest BCUT2D eigenvalue weighted by Crippen LogP contribution is 2.26. The molecule has 0 aromatic heterocycles. The second-order valence-corrected chi connectivity index (χ2v) is 6.41. The molecule has 0 amide bonds. The van der Waals surface area contributed by atoms with Crippen molar-refractivity contribution in [1.82, 2.24) is 0 Å². The Labute approximate surface area is 135 Å². The summed E-state index contributed by atoms with van der Waals surface area (Å²) >= 11 is 10.8. The molecule has 104 valence electrons. The Morgan fingerprint density at radius 1 is 1.25 bits per heavy atom. The summed E-state index contributed by atoms with van der Waals surface area (Å²) in [5.74, 6) is 0.895. The molecule has 0 saturated carbocycles. The fourth-order valence-corrected chi connectivity index (χ4v) is 2.87. The summed E-state index contributed by atoms with van der Waals surface area (Å²) in [6.07, 6.45) is 0. The van der Waals surface area contributed by atoms with Gasteiger partial charge in [-0.2, -0.15) is 0 Å². The molecule has 20 heavy (non-hydrogen) atoms. The Morgan fingerprint density at radius 3 is 2.60 bits per heavy atom. The number of thioether (sulfide) groups is 1. The van der Waals surface area contributed by atoms with Gasteiger partial charge in [0.1, 0.15) is 5.75 Å². The topological polar surface area (TPSA) is 26.3 Å². The number of halogens is 2. The molecule has 5 heteroatoms. The number of ether oxygens (including phenoxy) is 1. The van der Waals surface area contributed by atoms with Crippen LogP contribution in [0.25, 0.3) is 0 Å². The average molecular weight is 372 g/mol. The van der Waals surface area contributed by atoms with E-state index in [4.69, 9.17) is 16.3 Å². The van der Waals surface area contributed by atoms with Crippen molar-refractivity contribution in [2.45, 2.75) is 4.90 Å². The van der Waals surface area contributed by atoms with Gasteiger partial charge in [0, 0.05) is 14.4 Å². The van der Waals surface area contributed by atoms with Crippen LogP contribution in [-0.2, 0) is 0 Å². The number of carbonyl (C=O) groups is 1. The summed E-state index contributed by atoms with van der Waals surface area (Å²) in [6.45, 7) is 0. The van der Waals surface area contributed by atoms with Gasteiger partial charge in [-0.25, -0.2) is 0 Å². The number of hydrogen-bond donors (Lipinski definition) is 0. The van der Waals surface area contributed by atoms with Crippen molar-refractivity contribution in [3.05, 3.63) is 57.5 Å². The SMILES string of the molecule is COc1ccc(Cl)cc1C(=O)CSc1ccc(Br)cc1. The Hall–Kier alpha value is -0.970. The lowest BCUT2D eigenvalue weighted by Crippen LogP contribution is -2.05. The van der Waals surface area contributed by atoms with E-state index in [9.17, 15) is 4.79 Å². The molecule has 0 heterocycles. The van der Waals surface area contributed by atoms with Gasteiger partial charge < -0.3 is 4.74 Å². The predicted molar refractivity (Wildman–Crippen MR) is 87.2 cm³/mol. The molecule has 0 bridgehead atoms. The third kappa shape index (κ3) is 4.01. The number of ketones is 1. The monoisotopic (exact) mass is 370 g/mol. The van der Waals surface area contributed by atoms with Crippen LogP contribution in [0.3, 0.4) is 0 Å². The van der Waals surface area contributed by atoms with Crippen LogP contribution in [0.4, 0.5) is 0 Å². The summed E-state index contributed by atoms with van der Waals surface area (Å²) in [6, 6.07) is 12.9. The first-order valence-electron chi connectivity index (χ1n) is 5.85. The van der Waals surface area contributed by atoms with Crippen molar-refractivity contribution >= 4 is 45.1 Å². The molecule has 2 rings (SSSR count). The van der Waals surface area contributed by atoms with Crippen LogP contribution in [0.15, 0.2) is 51.8 Å². The van der Waals surface area contributed by atoms with Crippen LogP contribution in [0, 0.1) is 0 Å². The predicted octanol–water partition coefficient (Wildman–Crippen LogP) is 5.09. The molecule has 0 fully saturated rings. The Balaban J connectivity index is 2.08. The van der Waals surface area contributed by atoms with Gasteiger partial charge in [-0.1, -0.05) is 27.5 Å². The fourth-order valence-electron chi connectivity index (χ4n) is 1.66. The third-order valence-electron chi connectivity index (χ3n) is 2.65.